The lowest BCUT2D eigenvalue weighted by molar-refractivity contribution is 0.170. The van der Waals surface area contributed by atoms with Crippen LogP contribution in [-0.4, -0.2) is 11.0 Å². The summed E-state index contributed by atoms with van der Waals surface area (Å²) in [5.74, 6) is -0.0307. The van der Waals surface area contributed by atoms with Crippen LogP contribution in [0.1, 0.15) is 17.0 Å². The van der Waals surface area contributed by atoms with Crippen molar-refractivity contribution in [3.63, 3.8) is 0 Å². The van der Waals surface area contributed by atoms with Crippen LogP contribution in [0.4, 0.5) is 0 Å². The van der Waals surface area contributed by atoms with E-state index < -0.39 is 13.9 Å². The van der Waals surface area contributed by atoms with Crippen LogP contribution < -0.4 is 15.0 Å². The first-order valence-electron chi connectivity index (χ1n) is 19.2. The van der Waals surface area contributed by atoms with Crippen molar-refractivity contribution in [2.45, 2.75) is 12.0 Å². The molecule has 5 heteroatoms. The molecule has 0 aromatic heterocycles. The summed E-state index contributed by atoms with van der Waals surface area (Å²) in [6.45, 7) is 0. The van der Waals surface area contributed by atoms with Gasteiger partial charge in [-0.2, -0.15) is 0 Å². The Labute approximate surface area is 329 Å². The standard InChI is InChI=1S/C52H35O4P/c53-57(54)55-51-47(37-23-17-35(18-24-37)41-27-21-33-9-1-3-11-39(33)29-41)31-43-13-5-7-15-45(43)49(51)50-46-16-8-6-14-44(46)32-48(52(50)56-57)38-25-19-36(20-26-38)42-28-22-34-10-2-4-12-40(34)30-42/h1-32,47,51H,(H,53,54)/t47-,51?/m0/s1. The van der Waals surface area contributed by atoms with Gasteiger partial charge < -0.3 is 4.52 Å². The molecule has 3 atom stereocenters. The number of phosphoric ester groups is 1. The van der Waals surface area contributed by atoms with Gasteiger partial charge in [0.1, 0.15) is 11.9 Å². The maximum Gasteiger partial charge on any atom is 0.528 e. The molecule has 57 heavy (non-hydrogen) atoms. The highest BCUT2D eigenvalue weighted by molar-refractivity contribution is 7.48. The minimum absolute atomic E-state index is 0.345. The Morgan fingerprint density at radius 1 is 0.491 bits per heavy atom. The molecule has 0 bridgehead atoms. The van der Waals surface area contributed by atoms with Crippen LogP contribution in [0.3, 0.4) is 0 Å². The topological polar surface area (TPSA) is 55.8 Å². The lowest BCUT2D eigenvalue weighted by atomic mass is 9.78. The van der Waals surface area contributed by atoms with E-state index in [2.05, 4.69) is 170 Å². The van der Waals surface area contributed by atoms with E-state index in [4.69, 9.17) is 9.05 Å². The second kappa shape index (κ2) is 13.3. The van der Waals surface area contributed by atoms with Crippen molar-refractivity contribution in [2.75, 3.05) is 0 Å². The molecule has 1 N–H and O–H groups in total. The summed E-state index contributed by atoms with van der Waals surface area (Å²) in [4.78, 5) is 11.6. The maximum atomic E-state index is 14.3. The van der Waals surface area contributed by atoms with E-state index in [1.807, 2.05) is 24.3 Å². The predicted octanol–water partition coefficient (Wildman–Crippen LogP) is 11.8. The van der Waals surface area contributed by atoms with Crippen LogP contribution in [0.25, 0.3) is 77.3 Å². The normalized spacial score (nSPS) is 18.6. The van der Waals surface area contributed by atoms with Gasteiger partial charge in [0.2, 0.25) is 0 Å². The quantitative estimate of drug-likeness (QED) is 0.182. The lowest BCUT2D eigenvalue weighted by Gasteiger charge is -2.30. The van der Waals surface area contributed by atoms with Crippen molar-refractivity contribution < 1.29 is 18.5 Å². The SMILES string of the molecule is O=P1(O)Oc2c(-c3ccc(-c4ccc5ccccc5c4)cc3)cc3ccccc3c2C2=c3ccccc3=C[C@@H](c3ccc(-c4ccc5ccccc5c4)cc3)C2O1. The minimum Gasteiger partial charge on any atom is -0.403 e. The number of rotatable bonds is 4. The van der Waals surface area contributed by atoms with Gasteiger partial charge in [0.05, 0.1) is 0 Å². The minimum atomic E-state index is -4.65. The Kier molecular flexibility index (Phi) is 7.87. The fourth-order valence-electron chi connectivity index (χ4n) is 8.83. The average Bonchev–Trinajstić information content (AvgIpc) is 3.39. The molecule has 0 saturated carbocycles. The van der Waals surface area contributed by atoms with Crippen molar-refractivity contribution in [1.29, 1.82) is 0 Å². The van der Waals surface area contributed by atoms with Crippen molar-refractivity contribution >= 4 is 51.8 Å². The number of hydrogen-bond acceptors (Lipinski definition) is 3. The van der Waals surface area contributed by atoms with Crippen LogP contribution >= 0.6 is 7.82 Å². The molecule has 9 aromatic rings. The molecule has 0 spiro atoms. The summed E-state index contributed by atoms with van der Waals surface area (Å²) in [6.07, 6.45) is 1.36. The molecule has 4 nitrogen and oxygen atoms in total. The van der Waals surface area contributed by atoms with Crippen molar-refractivity contribution in [3.8, 4) is 39.1 Å². The summed E-state index contributed by atoms with van der Waals surface area (Å²) >= 11 is 0. The molecule has 2 unspecified atom stereocenters. The number of fused-ring (bicyclic) bond motifs is 8. The van der Waals surface area contributed by atoms with Crippen LogP contribution in [0, 0.1) is 0 Å². The Morgan fingerprint density at radius 3 is 1.68 bits per heavy atom. The predicted molar refractivity (Wildman–Crippen MR) is 232 cm³/mol. The highest BCUT2D eigenvalue weighted by atomic mass is 31.2. The smallest absolute Gasteiger partial charge is 0.403 e. The number of hydrogen-bond donors (Lipinski definition) is 1. The first-order valence-corrected chi connectivity index (χ1v) is 20.7. The van der Waals surface area contributed by atoms with E-state index in [0.717, 1.165) is 71.3 Å². The zero-order valence-corrected chi connectivity index (χ0v) is 31.6. The van der Waals surface area contributed by atoms with E-state index in [1.54, 1.807) is 0 Å². The van der Waals surface area contributed by atoms with E-state index in [0.29, 0.717) is 5.75 Å². The largest absolute Gasteiger partial charge is 0.528 e. The zero-order valence-electron chi connectivity index (χ0n) is 30.7. The Bertz CT molecular complexity index is 3240. The lowest BCUT2D eigenvalue weighted by Crippen LogP contribution is -2.39. The summed E-state index contributed by atoms with van der Waals surface area (Å²) < 4.78 is 26.9. The van der Waals surface area contributed by atoms with Gasteiger partial charge in [0.25, 0.3) is 0 Å². The second-order valence-corrected chi connectivity index (χ2v) is 16.3. The molecular formula is C52H35O4P. The second-order valence-electron chi connectivity index (χ2n) is 15.0. The van der Waals surface area contributed by atoms with Gasteiger partial charge in [-0.3, -0.25) is 9.42 Å². The summed E-state index contributed by atoms with van der Waals surface area (Å²) in [5, 5.41) is 8.68. The molecule has 0 fully saturated rings. The molecular weight excluding hydrogens is 720 g/mol. The highest BCUT2D eigenvalue weighted by Gasteiger charge is 2.43. The third kappa shape index (κ3) is 5.89. The molecule has 272 valence electrons. The van der Waals surface area contributed by atoms with E-state index in [-0.39, 0.29) is 5.92 Å². The van der Waals surface area contributed by atoms with Crippen molar-refractivity contribution in [1.82, 2.24) is 0 Å². The van der Waals surface area contributed by atoms with E-state index in [9.17, 15) is 9.46 Å². The summed E-state index contributed by atoms with van der Waals surface area (Å²) in [6, 6.07) is 65.0. The van der Waals surface area contributed by atoms with Gasteiger partial charge in [0.15, 0.2) is 0 Å². The van der Waals surface area contributed by atoms with Crippen LogP contribution in [0.2, 0.25) is 0 Å². The zero-order chi connectivity index (χ0) is 38.1. The number of phosphoric acid groups is 1. The van der Waals surface area contributed by atoms with Gasteiger partial charge in [0, 0.05) is 22.6 Å². The average molecular weight is 755 g/mol. The maximum absolute atomic E-state index is 14.3. The van der Waals surface area contributed by atoms with Crippen LogP contribution in [0.15, 0.2) is 188 Å². The number of benzene rings is 9. The van der Waals surface area contributed by atoms with Crippen LogP contribution in [0.5, 0.6) is 5.75 Å². The fraction of sp³-hybridized carbons (Fsp3) is 0.0385. The summed E-state index contributed by atoms with van der Waals surface area (Å²) in [5.41, 5.74) is 8.60. The molecule has 0 radical (unpaired) electrons. The van der Waals surface area contributed by atoms with E-state index >= 15 is 0 Å². The molecule has 9 aromatic carbocycles. The third-order valence-corrected chi connectivity index (χ3v) is 12.5. The third-order valence-electron chi connectivity index (χ3n) is 11.6. The Hall–Kier alpha value is -6.55. The fourth-order valence-corrected chi connectivity index (χ4v) is 9.82. The summed E-state index contributed by atoms with van der Waals surface area (Å²) in [7, 11) is -4.65. The van der Waals surface area contributed by atoms with Crippen molar-refractivity contribution in [3.05, 3.63) is 210 Å². The monoisotopic (exact) mass is 754 g/mol. The van der Waals surface area contributed by atoms with E-state index in [1.165, 1.54) is 21.5 Å². The van der Waals surface area contributed by atoms with Crippen LogP contribution in [-0.2, 0) is 9.09 Å². The molecule has 1 aliphatic carbocycles. The Morgan fingerprint density at radius 2 is 1.02 bits per heavy atom. The van der Waals surface area contributed by atoms with Gasteiger partial charge in [-0.15, -0.1) is 0 Å². The molecule has 11 rings (SSSR count). The van der Waals surface area contributed by atoms with Gasteiger partial charge in [-0.05, 0) is 94.3 Å². The molecule has 0 saturated heterocycles. The van der Waals surface area contributed by atoms with Crippen molar-refractivity contribution in [2.24, 2.45) is 0 Å². The first-order chi connectivity index (χ1) is 28.0. The Balaban J connectivity index is 1.07. The van der Waals surface area contributed by atoms with Gasteiger partial charge in [-0.1, -0.05) is 176 Å². The molecule has 1 aliphatic heterocycles. The van der Waals surface area contributed by atoms with Gasteiger partial charge in [-0.25, -0.2) is 4.57 Å². The van der Waals surface area contributed by atoms with Gasteiger partial charge >= 0.3 is 7.82 Å². The highest BCUT2D eigenvalue weighted by Crippen LogP contribution is 2.58. The first kappa shape index (κ1) is 33.8. The molecule has 1 heterocycles. The molecule has 0 amide bonds. The molecule has 2 aliphatic rings.